The Morgan fingerprint density at radius 2 is 2.06 bits per heavy atom. The first-order valence-corrected chi connectivity index (χ1v) is 6.58. The maximum Gasteiger partial charge on any atom is 0.323 e. The monoisotopic (exact) mass is 275 g/mol. The average Bonchev–Trinajstić information content (AvgIpc) is 2.34. The highest BCUT2D eigenvalue weighted by atomic mass is 35.5. The van der Waals surface area contributed by atoms with E-state index in [0.717, 1.165) is 11.3 Å². The Morgan fingerprint density at radius 1 is 1.41 bits per heavy atom. The Bertz CT molecular complexity index is 322. The highest BCUT2D eigenvalue weighted by Crippen LogP contribution is 2.04. The van der Waals surface area contributed by atoms with Crippen molar-refractivity contribution in [3.8, 4) is 0 Å². The first-order chi connectivity index (χ1) is 7.74. The van der Waals surface area contributed by atoms with Crippen molar-refractivity contribution < 1.29 is 9.53 Å². The minimum atomic E-state index is -0.504. The summed E-state index contributed by atoms with van der Waals surface area (Å²) < 4.78 is 5.11. The maximum absolute atomic E-state index is 11.5. The highest BCUT2D eigenvalue weighted by molar-refractivity contribution is 7.98. The van der Waals surface area contributed by atoms with Crippen LogP contribution in [0.4, 0.5) is 0 Å². The predicted molar refractivity (Wildman–Crippen MR) is 74.5 cm³/mol. The molecule has 0 amide bonds. The third-order valence-corrected chi connectivity index (χ3v) is 2.80. The standard InChI is InChI=1S/C12H17NO2S.ClH/c1-16-8-7-11(13)12(14)15-9-10-5-3-2-4-6-10;/h2-6,11H,7-9,13H2,1H3;1H. The molecule has 1 rings (SSSR count). The van der Waals surface area contributed by atoms with E-state index in [1.165, 1.54) is 0 Å². The first-order valence-electron chi connectivity index (χ1n) is 5.19. The maximum atomic E-state index is 11.5. The van der Waals surface area contributed by atoms with E-state index >= 15 is 0 Å². The molecule has 0 fully saturated rings. The summed E-state index contributed by atoms with van der Waals surface area (Å²) in [5.74, 6) is 0.555. The van der Waals surface area contributed by atoms with Crippen LogP contribution in [0.2, 0.25) is 0 Å². The molecule has 3 nitrogen and oxygen atoms in total. The fourth-order valence-corrected chi connectivity index (χ4v) is 1.69. The molecule has 1 aromatic carbocycles. The smallest absolute Gasteiger partial charge is 0.323 e. The van der Waals surface area contributed by atoms with Crippen molar-refractivity contribution in [2.45, 2.75) is 19.1 Å². The van der Waals surface area contributed by atoms with E-state index in [9.17, 15) is 4.79 Å². The van der Waals surface area contributed by atoms with Gasteiger partial charge in [-0.2, -0.15) is 11.8 Å². The van der Waals surface area contributed by atoms with Gasteiger partial charge in [0.25, 0.3) is 0 Å². The van der Waals surface area contributed by atoms with Crippen LogP contribution in [0, 0.1) is 0 Å². The van der Waals surface area contributed by atoms with Gasteiger partial charge in [0.15, 0.2) is 0 Å². The van der Waals surface area contributed by atoms with Crippen LogP contribution in [0.25, 0.3) is 0 Å². The third kappa shape index (κ3) is 6.56. The van der Waals surface area contributed by atoms with Crippen LogP contribution in [0.15, 0.2) is 30.3 Å². The van der Waals surface area contributed by atoms with Crippen molar-refractivity contribution in [1.82, 2.24) is 0 Å². The van der Waals surface area contributed by atoms with Crippen molar-refractivity contribution in [3.63, 3.8) is 0 Å². The molecule has 17 heavy (non-hydrogen) atoms. The number of benzene rings is 1. The van der Waals surface area contributed by atoms with Gasteiger partial charge in [0.2, 0.25) is 0 Å². The fraction of sp³-hybridized carbons (Fsp3) is 0.417. The molecule has 0 bridgehead atoms. The number of esters is 1. The predicted octanol–water partition coefficient (Wildman–Crippen LogP) is 2.23. The molecule has 0 aliphatic carbocycles. The second-order valence-electron chi connectivity index (χ2n) is 3.48. The number of thioether (sulfide) groups is 1. The van der Waals surface area contributed by atoms with E-state index in [-0.39, 0.29) is 18.4 Å². The van der Waals surface area contributed by atoms with Crippen molar-refractivity contribution >= 4 is 30.1 Å². The first kappa shape index (κ1) is 16.3. The lowest BCUT2D eigenvalue weighted by atomic mass is 10.2. The number of nitrogens with two attached hydrogens (primary N) is 1. The Balaban J connectivity index is 0.00000256. The lowest BCUT2D eigenvalue weighted by Gasteiger charge is -2.10. The molecule has 96 valence electrons. The fourth-order valence-electron chi connectivity index (χ4n) is 1.20. The van der Waals surface area contributed by atoms with Crippen LogP contribution in [0.1, 0.15) is 12.0 Å². The molecule has 0 heterocycles. The number of hydrogen-bond donors (Lipinski definition) is 1. The normalized spacial score (nSPS) is 11.4. The van der Waals surface area contributed by atoms with Crippen molar-refractivity contribution in [3.05, 3.63) is 35.9 Å². The van der Waals surface area contributed by atoms with E-state index in [1.807, 2.05) is 36.6 Å². The molecule has 0 aromatic heterocycles. The lowest BCUT2D eigenvalue weighted by molar-refractivity contribution is -0.146. The van der Waals surface area contributed by atoms with Gasteiger partial charge < -0.3 is 10.5 Å². The number of hydrogen-bond acceptors (Lipinski definition) is 4. The molecular formula is C12H18ClNO2S. The largest absolute Gasteiger partial charge is 0.460 e. The topological polar surface area (TPSA) is 52.3 Å². The Hall–Kier alpha value is -0.710. The SMILES string of the molecule is CSCCC(N)C(=O)OCc1ccccc1.Cl. The minimum absolute atomic E-state index is 0. The van der Waals surface area contributed by atoms with Gasteiger partial charge in [-0.25, -0.2) is 0 Å². The molecule has 1 atom stereocenters. The molecule has 0 saturated heterocycles. The van der Waals surface area contributed by atoms with E-state index in [4.69, 9.17) is 10.5 Å². The second-order valence-corrected chi connectivity index (χ2v) is 4.47. The van der Waals surface area contributed by atoms with Gasteiger partial charge in [-0.15, -0.1) is 12.4 Å². The summed E-state index contributed by atoms with van der Waals surface area (Å²) in [5.41, 5.74) is 6.66. The van der Waals surface area contributed by atoms with Crippen LogP contribution in [-0.2, 0) is 16.1 Å². The Labute approximate surface area is 113 Å². The highest BCUT2D eigenvalue weighted by Gasteiger charge is 2.14. The summed E-state index contributed by atoms with van der Waals surface area (Å²) in [6, 6.07) is 9.08. The minimum Gasteiger partial charge on any atom is -0.460 e. The second kappa shape index (κ2) is 9.33. The van der Waals surface area contributed by atoms with Gasteiger partial charge in [0, 0.05) is 0 Å². The number of rotatable bonds is 6. The molecule has 0 radical (unpaired) electrons. The lowest BCUT2D eigenvalue weighted by Crippen LogP contribution is -2.32. The van der Waals surface area contributed by atoms with Crippen LogP contribution in [0.5, 0.6) is 0 Å². The number of carbonyl (C=O) groups excluding carboxylic acids is 1. The Kier molecular flexibility index (Phi) is 8.94. The number of halogens is 1. The molecule has 1 unspecified atom stereocenters. The van der Waals surface area contributed by atoms with Gasteiger partial charge in [-0.1, -0.05) is 30.3 Å². The van der Waals surface area contributed by atoms with Crippen molar-refractivity contribution in [1.29, 1.82) is 0 Å². The van der Waals surface area contributed by atoms with Gasteiger partial charge in [0.05, 0.1) is 0 Å². The molecule has 0 spiro atoms. The summed E-state index contributed by atoms with van der Waals surface area (Å²) in [5, 5.41) is 0. The van der Waals surface area contributed by atoms with E-state index in [0.29, 0.717) is 13.0 Å². The summed E-state index contributed by atoms with van der Waals surface area (Å²) in [4.78, 5) is 11.5. The number of ether oxygens (including phenoxy) is 1. The molecular weight excluding hydrogens is 258 g/mol. The molecule has 0 saturated carbocycles. The summed E-state index contributed by atoms with van der Waals surface area (Å²) in [7, 11) is 0. The third-order valence-electron chi connectivity index (χ3n) is 2.16. The summed E-state index contributed by atoms with van der Waals surface area (Å²) in [6.07, 6.45) is 2.65. The Morgan fingerprint density at radius 3 is 2.65 bits per heavy atom. The van der Waals surface area contributed by atoms with Crippen LogP contribution in [-0.4, -0.2) is 24.0 Å². The summed E-state index contributed by atoms with van der Waals surface area (Å²) in [6.45, 7) is 0.298. The molecule has 0 aliphatic rings. The molecule has 0 aliphatic heterocycles. The van der Waals surface area contributed by atoms with Crippen LogP contribution in [0.3, 0.4) is 0 Å². The van der Waals surface area contributed by atoms with Gasteiger partial charge in [-0.05, 0) is 24.0 Å². The van der Waals surface area contributed by atoms with Gasteiger partial charge >= 0.3 is 5.97 Å². The van der Waals surface area contributed by atoms with Crippen LogP contribution < -0.4 is 5.73 Å². The van der Waals surface area contributed by atoms with E-state index < -0.39 is 6.04 Å². The van der Waals surface area contributed by atoms with E-state index in [2.05, 4.69) is 0 Å². The van der Waals surface area contributed by atoms with E-state index in [1.54, 1.807) is 11.8 Å². The zero-order valence-electron chi connectivity index (χ0n) is 9.80. The van der Waals surface area contributed by atoms with Crippen molar-refractivity contribution in [2.24, 2.45) is 5.73 Å². The zero-order chi connectivity index (χ0) is 11.8. The molecule has 2 N–H and O–H groups in total. The number of carbonyl (C=O) groups is 1. The molecule has 5 heteroatoms. The van der Waals surface area contributed by atoms with Gasteiger partial charge in [0.1, 0.15) is 12.6 Å². The summed E-state index contributed by atoms with van der Waals surface area (Å²) >= 11 is 1.67. The van der Waals surface area contributed by atoms with Crippen molar-refractivity contribution in [2.75, 3.05) is 12.0 Å². The van der Waals surface area contributed by atoms with Crippen LogP contribution >= 0.6 is 24.2 Å². The van der Waals surface area contributed by atoms with Gasteiger partial charge in [-0.3, -0.25) is 4.79 Å². The quantitative estimate of drug-likeness (QED) is 0.809. The average molecular weight is 276 g/mol. The zero-order valence-corrected chi connectivity index (χ0v) is 11.4. The molecule has 1 aromatic rings.